The molecule has 13 nitrogen and oxygen atoms in total. The Balaban J connectivity index is 0.000000234. The second-order valence-electron chi connectivity index (χ2n) is 18.1. The molecule has 0 saturated carbocycles. The molecular formula is C53H65N5O8S. The fourth-order valence-corrected chi connectivity index (χ4v) is 10.1. The van der Waals surface area contributed by atoms with Crippen LogP contribution in [-0.2, 0) is 25.7 Å². The van der Waals surface area contributed by atoms with Gasteiger partial charge in [-0.2, -0.15) is 11.8 Å². The van der Waals surface area contributed by atoms with Crippen molar-refractivity contribution in [1.29, 1.82) is 0 Å². The molecule has 5 aromatic rings. The fourth-order valence-electron chi connectivity index (χ4n) is 9.17. The lowest BCUT2D eigenvalue weighted by atomic mass is 9.91. The first kappa shape index (κ1) is 49.4. The maximum Gasteiger partial charge on any atom is 0.314 e. The van der Waals surface area contributed by atoms with Crippen LogP contribution in [0.2, 0.25) is 0 Å². The van der Waals surface area contributed by atoms with Crippen LogP contribution in [0.1, 0.15) is 65.2 Å². The van der Waals surface area contributed by atoms with E-state index in [1.165, 1.54) is 30.5 Å². The van der Waals surface area contributed by atoms with Gasteiger partial charge in [-0.15, -0.1) is 0 Å². The van der Waals surface area contributed by atoms with Crippen molar-refractivity contribution in [1.82, 2.24) is 25.0 Å². The van der Waals surface area contributed by atoms with E-state index in [4.69, 9.17) is 9.47 Å². The number of hydrogen-bond donors (Lipinski definition) is 4. The lowest BCUT2D eigenvalue weighted by molar-refractivity contribution is -0.147. The number of aliphatic hydroxyl groups excluding tert-OH is 1. The number of aromatic nitrogens is 1. The Morgan fingerprint density at radius 1 is 0.866 bits per heavy atom. The third-order valence-electron chi connectivity index (χ3n) is 13.3. The first-order valence-electron chi connectivity index (χ1n) is 23.5. The number of H-pyrrole nitrogens is 1. The summed E-state index contributed by atoms with van der Waals surface area (Å²) in [4.78, 5) is 57.7. The standard InChI is InChI=1S/C35H40N2O5S.C18H25N3O3/c1-43-34(29-11-6-3-7-12-29)33(30-13-8-14-31(19-30)41-25-32(39)37-21-28(22-37)23-38)35(40)42-24-27-15-17-36(18-16-27)20-26-9-4-2-5-10-26;1-21-8-6-12(7-9-21)10-19-11-16(23)13-2-4-15(22)18-14(13)3-5-17(24)20-18/h2-14,19,23,27-28,33-34H,15-18,20-22,24-25H2,1H3;2-5,12,16,19,22-23H,6-11H2,1H3,(H,20,24). The molecular weight excluding hydrogens is 867 g/mol. The van der Waals surface area contributed by atoms with Gasteiger partial charge in [0.05, 0.1) is 24.1 Å². The Morgan fingerprint density at radius 2 is 1.55 bits per heavy atom. The van der Waals surface area contributed by atoms with Gasteiger partial charge in [0, 0.05) is 48.8 Å². The lowest BCUT2D eigenvalue weighted by Crippen LogP contribution is -2.52. The molecule has 0 aliphatic carbocycles. The second kappa shape index (κ2) is 24.5. The Morgan fingerprint density at radius 3 is 2.25 bits per heavy atom. The molecule has 1 amide bonds. The number of nitrogens with zero attached hydrogens (tertiary/aromatic N) is 3. The number of rotatable bonds is 18. The highest BCUT2D eigenvalue weighted by molar-refractivity contribution is 7.98. The molecule has 1 aromatic heterocycles. The van der Waals surface area contributed by atoms with Gasteiger partial charge in [0.2, 0.25) is 5.56 Å². The zero-order valence-corrected chi connectivity index (χ0v) is 39.5. The van der Waals surface area contributed by atoms with Crippen LogP contribution in [0.3, 0.4) is 0 Å². The molecule has 0 spiro atoms. The SMILES string of the molecule is CN1CCC(CNCC(O)c2ccc(O)c3[nH]c(=O)ccc23)CC1.CSC(c1ccccc1)C(C(=O)OCC1CCN(Cc2ccccc2)CC1)c1cccc(OCC(=O)N2CC(C=O)C2)c1. The van der Waals surface area contributed by atoms with Crippen LogP contribution in [0.5, 0.6) is 11.5 Å². The highest BCUT2D eigenvalue weighted by atomic mass is 32.2. The molecule has 8 rings (SSSR count). The Bertz CT molecular complexity index is 2420. The van der Waals surface area contributed by atoms with E-state index in [1.807, 2.05) is 60.9 Å². The number of fused-ring (bicyclic) bond motifs is 1. The smallest absolute Gasteiger partial charge is 0.314 e. The molecule has 3 atom stereocenters. The number of likely N-dealkylation sites (tertiary alicyclic amines) is 3. The van der Waals surface area contributed by atoms with Crippen LogP contribution in [0.4, 0.5) is 0 Å². The molecule has 3 unspecified atom stereocenters. The number of ether oxygens (including phenoxy) is 2. The Labute approximate surface area is 397 Å². The summed E-state index contributed by atoms with van der Waals surface area (Å²) in [5.41, 5.74) is 3.96. The first-order valence-corrected chi connectivity index (χ1v) is 24.8. The molecule has 14 heteroatoms. The zero-order valence-electron chi connectivity index (χ0n) is 38.6. The Kier molecular flexibility index (Phi) is 18.1. The van der Waals surface area contributed by atoms with Crippen molar-refractivity contribution in [3.8, 4) is 11.5 Å². The lowest BCUT2D eigenvalue weighted by Gasteiger charge is -2.35. The molecule has 3 aliphatic heterocycles. The van der Waals surface area contributed by atoms with E-state index in [0.717, 1.165) is 69.5 Å². The van der Waals surface area contributed by atoms with Gasteiger partial charge < -0.3 is 44.6 Å². The normalized spacial score (nSPS) is 17.7. The summed E-state index contributed by atoms with van der Waals surface area (Å²) in [5, 5.41) is 24.3. The third-order valence-corrected chi connectivity index (χ3v) is 14.3. The van der Waals surface area contributed by atoms with E-state index in [1.54, 1.807) is 34.9 Å². The van der Waals surface area contributed by atoms with Gasteiger partial charge in [0.25, 0.3) is 5.91 Å². The number of phenolic OH excluding ortho intramolecular Hbond substituents is 1. The van der Waals surface area contributed by atoms with Crippen molar-refractivity contribution in [2.75, 3.05) is 78.9 Å². The number of aromatic hydroxyl groups is 1. The van der Waals surface area contributed by atoms with Crippen molar-refractivity contribution < 1.29 is 34.1 Å². The number of carbonyl (C=O) groups excluding carboxylic acids is 3. The van der Waals surface area contributed by atoms with Crippen LogP contribution in [-0.4, -0.2) is 127 Å². The van der Waals surface area contributed by atoms with Crippen molar-refractivity contribution in [3.63, 3.8) is 0 Å². The predicted octanol–water partition coefficient (Wildman–Crippen LogP) is 6.56. The maximum absolute atomic E-state index is 13.9. The van der Waals surface area contributed by atoms with Crippen LogP contribution in [0.15, 0.2) is 114 Å². The summed E-state index contributed by atoms with van der Waals surface area (Å²) >= 11 is 1.62. The quantitative estimate of drug-likeness (QED) is 0.0554. The van der Waals surface area contributed by atoms with Crippen LogP contribution in [0.25, 0.3) is 10.9 Å². The predicted molar refractivity (Wildman–Crippen MR) is 263 cm³/mol. The monoisotopic (exact) mass is 931 g/mol. The molecule has 4 aromatic carbocycles. The highest BCUT2D eigenvalue weighted by Gasteiger charge is 2.34. The summed E-state index contributed by atoms with van der Waals surface area (Å²) in [6.07, 6.45) is 6.57. The number of aromatic amines is 1. The van der Waals surface area contributed by atoms with Crippen molar-refractivity contribution in [3.05, 3.63) is 142 Å². The summed E-state index contributed by atoms with van der Waals surface area (Å²) < 4.78 is 11.9. The van der Waals surface area contributed by atoms with Gasteiger partial charge in [-0.25, -0.2) is 0 Å². The number of phenols is 1. The number of hydrogen-bond acceptors (Lipinski definition) is 12. The number of nitrogens with one attached hydrogen (secondary N) is 2. The minimum atomic E-state index is -0.690. The van der Waals surface area contributed by atoms with E-state index in [0.29, 0.717) is 60.3 Å². The average molecular weight is 932 g/mol. The number of benzene rings is 4. The third kappa shape index (κ3) is 13.8. The minimum Gasteiger partial charge on any atom is -0.506 e. The number of carbonyl (C=O) groups is 3. The molecule has 356 valence electrons. The number of aldehydes is 1. The van der Waals surface area contributed by atoms with Crippen molar-refractivity contribution >= 4 is 40.8 Å². The minimum absolute atomic E-state index is 0.0120. The van der Waals surface area contributed by atoms with Crippen molar-refractivity contribution in [2.24, 2.45) is 17.8 Å². The van der Waals surface area contributed by atoms with Crippen LogP contribution < -0.4 is 15.6 Å². The Hall–Kier alpha value is -5.51. The molecule has 0 radical (unpaired) electrons. The zero-order chi connectivity index (χ0) is 47.1. The summed E-state index contributed by atoms with van der Waals surface area (Å²) in [7, 11) is 2.15. The largest absolute Gasteiger partial charge is 0.506 e. The van der Waals surface area contributed by atoms with Crippen LogP contribution in [0, 0.1) is 17.8 Å². The average Bonchev–Trinajstić information content (AvgIpc) is 3.33. The van der Waals surface area contributed by atoms with E-state index in [2.05, 4.69) is 51.4 Å². The molecule has 3 fully saturated rings. The van der Waals surface area contributed by atoms with E-state index in [-0.39, 0.29) is 41.0 Å². The van der Waals surface area contributed by atoms with Crippen LogP contribution >= 0.6 is 11.8 Å². The molecule has 0 bridgehead atoms. The maximum atomic E-state index is 13.9. The van der Waals surface area contributed by atoms with Gasteiger partial charge in [-0.1, -0.05) is 78.9 Å². The number of aliphatic hydroxyl groups is 1. The number of thioether (sulfide) groups is 1. The highest BCUT2D eigenvalue weighted by Crippen LogP contribution is 2.42. The molecule has 3 saturated heterocycles. The summed E-state index contributed by atoms with van der Waals surface area (Å²) in [6, 6.07) is 34.2. The molecule has 67 heavy (non-hydrogen) atoms. The number of amides is 1. The molecule has 4 N–H and O–H groups in total. The summed E-state index contributed by atoms with van der Waals surface area (Å²) in [6.45, 7) is 7.72. The van der Waals surface area contributed by atoms with Gasteiger partial charge in [0.1, 0.15) is 17.8 Å². The second-order valence-corrected chi connectivity index (χ2v) is 19.1. The molecule has 4 heterocycles. The fraction of sp³-hybridized carbons (Fsp3) is 0.434. The number of piperidine rings is 2. The van der Waals surface area contributed by atoms with Gasteiger partial charge in [-0.05, 0) is 130 Å². The van der Waals surface area contributed by atoms with E-state index < -0.39 is 12.0 Å². The van der Waals surface area contributed by atoms with Gasteiger partial charge in [-0.3, -0.25) is 19.3 Å². The summed E-state index contributed by atoms with van der Waals surface area (Å²) in [5.74, 6) is 0.501. The van der Waals surface area contributed by atoms with E-state index in [9.17, 15) is 29.4 Å². The molecule has 3 aliphatic rings. The number of esters is 1. The van der Waals surface area contributed by atoms with Gasteiger partial charge in [0.15, 0.2) is 6.61 Å². The topological polar surface area (TPSA) is 165 Å². The van der Waals surface area contributed by atoms with Crippen molar-refractivity contribution in [2.45, 2.75) is 49.5 Å². The number of pyridine rings is 1. The van der Waals surface area contributed by atoms with Gasteiger partial charge >= 0.3 is 5.97 Å². The van der Waals surface area contributed by atoms with E-state index >= 15 is 0 Å². The first-order chi connectivity index (χ1) is 32.6.